The first-order chi connectivity index (χ1) is 8.11. The maximum absolute atomic E-state index is 13.5. The van der Waals surface area contributed by atoms with E-state index < -0.39 is 11.7 Å². The molecule has 2 rings (SSSR count). The van der Waals surface area contributed by atoms with Crippen molar-refractivity contribution >= 4 is 5.91 Å². The number of likely N-dealkylation sites (tertiary alicyclic amines) is 1. The highest BCUT2D eigenvalue weighted by Crippen LogP contribution is 2.21. The minimum absolute atomic E-state index is 0.0404. The first-order valence-corrected chi connectivity index (χ1v) is 5.50. The van der Waals surface area contributed by atoms with Gasteiger partial charge in [0.15, 0.2) is 0 Å². The van der Waals surface area contributed by atoms with Crippen molar-refractivity contribution in [2.45, 2.75) is 6.42 Å². The molecule has 1 amide bonds. The van der Waals surface area contributed by atoms with E-state index in [2.05, 4.69) is 0 Å². The fourth-order valence-electron chi connectivity index (χ4n) is 2.01. The van der Waals surface area contributed by atoms with Gasteiger partial charge in [-0.15, -0.1) is 0 Å². The summed E-state index contributed by atoms with van der Waals surface area (Å²) < 4.78 is 13.5. The van der Waals surface area contributed by atoms with Crippen molar-refractivity contribution in [3.05, 3.63) is 29.6 Å². The van der Waals surface area contributed by atoms with Crippen molar-refractivity contribution in [1.82, 2.24) is 4.90 Å². The molecule has 0 bridgehead atoms. The van der Waals surface area contributed by atoms with Gasteiger partial charge in [0.25, 0.3) is 5.91 Å². The topological polar surface area (TPSA) is 60.8 Å². The highest BCUT2D eigenvalue weighted by atomic mass is 19.1. The lowest BCUT2D eigenvalue weighted by atomic mass is 10.1. The van der Waals surface area contributed by atoms with Gasteiger partial charge in [0.05, 0.1) is 5.56 Å². The number of halogens is 1. The minimum Gasteiger partial charge on any atom is -0.508 e. The van der Waals surface area contributed by atoms with E-state index >= 15 is 0 Å². The van der Waals surface area contributed by atoms with Gasteiger partial charge in [0, 0.05) is 31.7 Å². The number of hydrogen-bond donors (Lipinski definition) is 2. The molecule has 1 aromatic carbocycles. The SMILES string of the molecule is O=C(c1ccc(O)cc1F)N1CCC(CO)C1. The summed E-state index contributed by atoms with van der Waals surface area (Å²) >= 11 is 0. The van der Waals surface area contributed by atoms with Crippen LogP contribution < -0.4 is 0 Å². The number of rotatable bonds is 2. The van der Waals surface area contributed by atoms with Gasteiger partial charge >= 0.3 is 0 Å². The third-order valence-electron chi connectivity index (χ3n) is 3.01. The van der Waals surface area contributed by atoms with Gasteiger partial charge in [-0.05, 0) is 18.6 Å². The summed E-state index contributed by atoms with van der Waals surface area (Å²) in [5, 5.41) is 18.0. The minimum atomic E-state index is -0.720. The molecule has 1 heterocycles. The molecular formula is C12H14FNO3. The molecule has 0 radical (unpaired) electrons. The molecule has 1 fully saturated rings. The molecule has 1 unspecified atom stereocenters. The first-order valence-electron chi connectivity index (χ1n) is 5.50. The van der Waals surface area contributed by atoms with E-state index in [-0.39, 0.29) is 23.8 Å². The van der Waals surface area contributed by atoms with E-state index in [1.165, 1.54) is 17.0 Å². The van der Waals surface area contributed by atoms with Crippen LogP contribution in [0.4, 0.5) is 4.39 Å². The van der Waals surface area contributed by atoms with Crippen molar-refractivity contribution < 1.29 is 19.4 Å². The Balaban J connectivity index is 2.15. The largest absolute Gasteiger partial charge is 0.508 e. The summed E-state index contributed by atoms with van der Waals surface area (Å²) in [6.07, 6.45) is 0.738. The summed E-state index contributed by atoms with van der Waals surface area (Å²) in [5.74, 6) is -1.23. The Morgan fingerprint density at radius 1 is 1.53 bits per heavy atom. The number of amides is 1. The van der Waals surface area contributed by atoms with Gasteiger partial charge in [-0.25, -0.2) is 4.39 Å². The standard InChI is InChI=1S/C12H14FNO3/c13-11-5-9(16)1-2-10(11)12(17)14-4-3-8(6-14)7-15/h1-2,5,8,15-16H,3-4,6-7H2. The molecule has 17 heavy (non-hydrogen) atoms. The van der Waals surface area contributed by atoms with E-state index in [0.717, 1.165) is 12.5 Å². The van der Waals surface area contributed by atoms with Crippen LogP contribution >= 0.6 is 0 Å². The van der Waals surface area contributed by atoms with Gasteiger partial charge in [-0.1, -0.05) is 0 Å². The summed E-state index contributed by atoms with van der Waals surface area (Å²) in [6, 6.07) is 3.49. The Morgan fingerprint density at radius 2 is 2.29 bits per heavy atom. The van der Waals surface area contributed by atoms with Crippen LogP contribution in [0.1, 0.15) is 16.8 Å². The molecule has 4 nitrogen and oxygen atoms in total. The number of aliphatic hydroxyl groups is 1. The maximum atomic E-state index is 13.5. The van der Waals surface area contributed by atoms with Crippen molar-refractivity contribution in [2.24, 2.45) is 5.92 Å². The average molecular weight is 239 g/mol. The lowest BCUT2D eigenvalue weighted by Gasteiger charge is -2.16. The molecule has 2 N–H and O–H groups in total. The van der Waals surface area contributed by atoms with Crippen LogP contribution in [-0.2, 0) is 0 Å². The van der Waals surface area contributed by atoms with E-state index in [9.17, 15) is 9.18 Å². The van der Waals surface area contributed by atoms with Gasteiger partial charge in [-0.2, -0.15) is 0 Å². The Bertz CT molecular complexity index is 436. The molecule has 1 aromatic rings. The summed E-state index contributed by atoms with van der Waals surface area (Å²) in [6.45, 7) is 1.03. The zero-order valence-corrected chi connectivity index (χ0v) is 9.27. The third kappa shape index (κ3) is 2.39. The molecule has 1 aliphatic rings. The zero-order valence-electron chi connectivity index (χ0n) is 9.27. The predicted octanol–water partition coefficient (Wildman–Crippen LogP) is 0.986. The van der Waals surface area contributed by atoms with Crippen LogP contribution in [0.5, 0.6) is 5.75 Å². The lowest BCUT2D eigenvalue weighted by molar-refractivity contribution is 0.0777. The number of carbonyl (C=O) groups is 1. The van der Waals surface area contributed by atoms with E-state index in [4.69, 9.17) is 10.2 Å². The molecule has 92 valence electrons. The van der Waals surface area contributed by atoms with E-state index in [1.807, 2.05) is 0 Å². The molecule has 0 aromatic heterocycles. The quantitative estimate of drug-likeness (QED) is 0.809. The lowest BCUT2D eigenvalue weighted by Crippen LogP contribution is -2.29. The number of phenols is 1. The molecule has 1 aliphatic heterocycles. The van der Waals surface area contributed by atoms with Gasteiger partial charge < -0.3 is 15.1 Å². The van der Waals surface area contributed by atoms with Crippen LogP contribution in [-0.4, -0.2) is 40.7 Å². The first kappa shape index (κ1) is 11.9. The maximum Gasteiger partial charge on any atom is 0.256 e. The fraction of sp³-hybridized carbons (Fsp3) is 0.417. The summed E-state index contributed by atoms with van der Waals surface area (Å²) in [5.41, 5.74) is -0.0404. The Morgan fingerprint density at radius 3 is 2.88 bits per heavy atom. The third-order valence-corrected chi connectivity index (χ3v) is 3.01. The molecule has 0 aliphatic carbocycles. The van der Waals surface area contributed by atoms with Crippen LogP contribution in [0.25, 0.3) is 0 Å². The second-order valence-electron chi connectivity index (χ2n) is 4.25. The molecular weight excluding hydrogens is 225 g/mol. The van der Waals surface area contributed by atoms with E-state index in [0.29, 0.717) is 13.1 Å². The number of nitrogens with zero attached hydrogens (tertiary/aromatic N) is 1. The smallest absolute Gasteiger partial charge is 0.256 e. The van der Waals surface area contributed by atoms with Crippen molar-refractivity contribution in [3.63, 3.8) is 0 Å². The van der Waals surface area contributed by atoms with E-state index in [1.54, 1.807) is 0 Å². The second-order valence-corrected chi connectivity index (χ2v) is 4.25. The number of hydrogen-bond acceptors (Lipinski definition) is 3. The Kier molecular flexibility index (Phi) is 3.28. The van der Waals surface area contributed by atoms with Crippen molar-refractivity contribution in [1.29, 1.82) is 0 Å². The fourth-order valence-corrected chi connectivity index (χ4v) is 2.01. The summed E-state index contributed by atoms with van der Waals surface area (Å²) in [7, 11) is 0. The van der Waals surface area contributed by atoms with Gasteiger partial charge in [0.1, 0.15) is 11.6 Å². The second kappa shape index (κ2) is 4.71. The number of aromatic hydroxyl groups is 1. The zero-order chi connectivity index (χ0) is 12.4. The van der Waals surface area contributed by atoms with Crippen molar-refractivity contribution in [3.8, 4) is 5.75 Å². The van der Waals surface area contributed by atoms with Crippen molar-refractivity contribution in [2.75, 3.05) is 19.7 Å². The molecule has 5 heteroatoms. The molecule has 0 saturated carbocycles. The number of benzene rings is 1. The van der Waals surface area contributed by atoms with Crippen LogP contribution in [0.3, 0.4) is 0 Å². The Hall–Kier alpha value is -1.62. The number of aliphatic hydroxyl groups excluding tert-OH is 1. The number of carbonyl (C=O) groups excluding carboxylic acids is 1. The van der Waals surface area contributed by atoms with Gasteiger partial charge in [-0.3, -0.25) is 4.79 Å². The molecule has 1 saturated heterocycles. The molecule has 1 atom stereocenters. The van der Waals surface area contributed by atoms with Crippen LogP contribution in [0.15, 0.2) is 18.2 Å². The normalized spacial score (nSPS) is 19.6. The average Bonchev–Trinajstić information content (AvgIpc) is 2.76. The van der Waals surface area contributed by atoms with Gasteiger partial charge in [0.2, 0.25) is 0 Å². The summed E-state index contributed by atoms with van der Waals surface area (Å²) in [4.78, 5) is 13.5. The van der Waals surface area contributed by atoms with Crippen LogP contribution in [0.2, 0.25) is 0 Å². The number of phenolic OH excluding ortho intramolecular Hbond substituents is 1. The monoisotopic (exact) mass is 239 g/mol. The Labute approximate surface area is 98.3 Å². The highest BCUT2D eigenvalue weighted by Gasteiger charge is 2.27. The molecule has 0 spiro atoms. The predicted molar refractivity (Wildman–Crippen MR) is 59.2 cm³/mol. The van der Waals surface area contributed by atoms with Crippen LogP contribution in [0, 0.1) is 11.7 Å². The highest BCUT2D eigenvalue weighted by molar-refractivity contribution is 5.94.